The SMILES string of the molecule is CNCc1ccc(N2CC(C)(C)C2=O)cc1-c1sc2c(c1C(=O)O)CC(C)(C)CC2. The van der Waals surface area contributed by atoms with Crippen molar-refractivity contribution in [2.45, 2.75) is 53.5 Å². The Morgan fingerprint density at radius 2 is 2.00 bits per heavy atom. The molecule has 2 N–H and O–H groups in total. The predicted octanol–water partition coefficient (Wildman–Crippen LogP) is 4.72. The Bertz CT molecular complexity index is 1040. The first-order chi connectivity index (χ1) is 14.0. The molecular weight excluding hydrogens is 396 g/mol. The Labute approximate surface area is 182 Å². The van der Waals surface area contributed by atoms with Gasteiger partial charge in [0.25, 0.3) is 0 Å². The number of hydrogen-bond donors (Lipinski definition) is 2. The van der Waals surface area contributed by atoms with E-state index in [0.717, 1.165) is 46.5 Å². The second-order valence-electron chi connectivity index (χ2n) is 10.0. The first-order valence-electron chi connectivity index (χ1n) is 10.5. The maximum absolute atomic E-state index is 12.6. The van der Waals surface area contributed by atoms with E-state index < -0.39 is 5.97 Å². The van der Waals surface area contributed by atoms with Crippen molar-refractivity contribution in [3.8, 4) is 10.4 Å². The number of amides is 1. The van der Waals surface area contributed by atoms with E-state index in [1.165, 1.54) is 4.88 Å². The van der Waals surface area contributed by atoms with Crippen molar-refractivity contribution in [3.63, 3.8) is 0 Å². The van der Waals surface area contributed by atoms with E-state index in [0.29, 0.717) is 18.7 Å². The fraction of sp³-hybridized carbons (Fsp3) is 0.500. The van der Waals surface area contributed by atoms with Crippen LogP contribution >= 0.6 is 11.3 Å². The predicted molar refractivity (Wildman–Crippen MR) is 121 cm³/mol. The van der Waals surface area contributed by atoms with Gasteiger partial charge in [-0.05, 0) is 74.4 Å². The molecule has 0 unspecified atom stereocenters. The van der Waals surface area contributed by atoms with E-state index in [1.54, 1.807) is 16.2 Å². The molecule has 2 aliphatic rings. The Balaban J connectivity index is 1.85. The van der Waals surface area contributed by atoms with Gasteiger partial charge in [0.15, 0.2) is 0 Å². The fourth-order valence-electron chi connectivity index (χ4n) is 4.64. The van der Waals surface area contributed by atoms with Crippen molar-refractivity contribution in [1.82, 2.24) is 5.32 Å². The van der Waals surface area contributed by atoms with Gasteiger partial charge in [0.1, 0.15) is 0 Å². The molecule has 0 bridgehead atoms. The van der Waals surface area contributed by atoms with E-state index in [1.807, 2.05) is 39.1 Å². The molecule has 0 radical (unpaired) electrons. The van der Waals surface area contributed by atoms with Gasteiger partial charge in [-0.3, -0.25) is 4.79 Å². The van der Waals surface area contributed by atoms with Crippen LogP contribution in [0, 0.1) is 10.8 Å². The van der Waals surface area contributed by atoms with Crippen LogP contribution in [0.1, 0.15) is 60.5 Å². The van der Waals surface area contributed by atoms with Crippen LogP contribution < -0.4 is 10.2 Å². The summed E-state index contributed by atoms with van der Waals surface area (Å²) in [6.45, 7) is 9.66. The number of nitrogens with zero attached hydrogens (tertiary/aromatic N) is 1. The van der Waals surface area contributed by atoms with Gasteiger partial charge in [-0.15, -0.1) is 11.3 Å². The highest BCUT2D eigenvalue weighted by molar-refractivity contribution is 7.16. The molecule has 30 heavy (non-hydrogen) atoms. The highest BCUT2D eigenvalue weighted by atomic mass is 32.1. The van der Waals surface area contributed by atoms with Gasteiger partial charge >= 0.3 is 5.97 Å². The third kappa shape index (κ3) is 3.46. The van der Waals surface area contributed by atoms with E-state index in [2.05, 4.69) is 19.2 Å². The quantitative estimate of drug-likeness (QED) is 0.679. The summed E-state index contributed by atoms with van der Waals surface area (Å²) in [5, 5.41) is 13.3. The molecule has 1 amide bonds. The number of fused-ring (bicyclic) bond motifs is 1. The van der Waals surface area contributed by atoms with Crippen LogP contribution in [-0.2, 0) is 24.2 Å². The van der Waals surface area contributed by atoms with Crippen molar-refractivity contribution < 1.29 is 14.7 Å². The van der Waals surface area contributed by atoms with Crippen molar-refractivity contribution in [2.75, 3.05) is 18.5 Å². The van der Waals surface area contributed by atoms with Gasteiger partial charge in [0.2, 0.25) is 5.91 Å². The fourth-order valence-corrected chi connectivity index (χ4v) is 6.00. The first-order valence-corrected chi connectivity index (χ1v) is 11.3. The van der Waals surface area contributed by atoms with E-state index >= 15 is 0 Å². The lowest BCUT2D eigenvalue weighted by Crippen LogP contribution is -2.58. The number of β-lactam (4-membered cyclic amide) rings is 1. The Morgan fingerprint density at radius 1 is 1.27 bits per heavy atom. The zero-order valence-electron chi connectivity index (χ0n) is 18.4. The first kappa shape index (κ1) is 21.1. The van der Waals surface area contributed by atoms with Gasteiger partial charge in [-0.25, -0.2) is 4.79 Å². The minimum absolute atomic E-state index is 0.112. The molecule has 2 aromatic rings. The number of carboxylic acid groups (broad SMARTS) is 1. The molecule has 160 valence electrons. The minimum atomic E-state index is -0.859. The maximum atomic E-state index is 12.6. The van der Waals surface area contributed by atoms with Crippen LogP contribution in [0.4, 0.5) is 5.69 Å². The zero-order valence-corrected chi connectivity index (χ0v) is 19.2. The zero-order chi connectivity index (χ0) is 21.8. The number of aromatic carboxylic acids is 1. The molecule has 1 saturated heterocycles. The molecule has 5 nitrogen and oxygen atoms in total. The van der Waals surface area contributed by atoms with Crippen LogP contribution in [0.15, 0.2) is 18.2 Å². The van der Waals surface area contributed by atoms with Crippen LogP contribution in [0.5, 0.6) is 0 Å². The molecule has 1 aromatic heterocycles. The van der Waals surface area contributed by atoms with Gasteiger partial charge in [0.05, 0.1) is 11.0 Å². The van der Waals surface area contributed by atoms with Crippen molar-refractivity contribution in [1.29, 1.82) is 0 Å². The summed E-state index contributed by atoms with van der Waals surface area (Å²) >= 11 is 1.62. The van der Waals surface area contributed by atoms with Gasteiger partial charge < -0.3 is 15.3 Å². The van der Waals surface area contributed by atoms with Crippen molar-refractivity contribution in [2.24, 2.45) is 10.8 Å². The number of anilines is 1. The molecule has 1 aliphatic carbocycles. The highest BCUT2D eigenvalue weighted by Crippen LogP contribution is 2.47. The monoisotopic (exact) mass is 426 g/mol. The number of hydrogen-bond acceptors (Lipinski definition) is 4. The summed E-state index contributed by atoms with van der Waals surface area (Å²) in [7, 11) is 1.89. The number of aryl methyl sites for hydroxylation is 1. The lowest BCUT2D eigenvalue weighted by atomic mass is 9.76. The number of rotatable bonds is 5. The summed E-state index contributed by atoms with van der Waals surface area (Å²) in [5.41, 5.74) is 4.05. The third-order valence-corrected chi connectivity index (χ3v) is 7.71. The van der Waals surface area contributed by atoms with E-state index in [4.69, 9.17) is 0 Å². The second-order valence-corrected chi connectivity index (χ2v) is 11.1. The van der Waals surface area contributed by atoms with Gasteiger partial charge in [0, 0.05) is 28.5 Å². The molecule has 2 heterocycles. The van der Waals surface area contributed by atoms with Crippen LogP contribution in [0.2, 0.25) is 0 Å². The summed E-state index contributed by atoms with van der Waals surface area (Å²) in [4.78, 5) is 28.7. The number of carbonyl (C=O) groups is 2. The number of thiophene rings is 1. The largest absolute Gasteiger partial charge is 0.478 e. The Kier molecular flexibility index (Phi) is 5.06. The van der Waals surface area contributed by atoms with Crippen molar-refractivity contribution >= 4 is 28.9 Å². The molecule has 1 fully saturated rings. The normalized spacial score (nSPS) is 19.4. The lowest BCUT2D eigenvalue weighted by molar-refractivity contribution is -0.132. The molecule has 0 saturated carbocycles. The molecular formula is C24H30N2O3S. The number of benzene rings is 1. The highest BCUT2D eigenvalue weighted by Gasteiger charge is 2.45. The maximum Gasteiger partial charge on any atom is 0.337 e. The van der Waals surface area contributed by atoms with Gasteiger partial charge in [-0.2, -0.15) is 0 Å². The molecule has 1 aliphatic heterocycles. The average molecular weight is 427 g/mol. The third-order valence-electron chi connectivity index (χ3n) is 6.38. The van der Waals surface area contributed by atoms with Crippen molar-refractivity contribution in [3.05, 3.63) is 39.8 Å². The molecule has 0 spiro atoms. The second kappa shape index (κ2) is 7.20. The van der Waals surface area contributed by atoms with E-state index in [9.17, 15) is 14.7 Å². The van der Waals surface area contributed by atoms with Crippen LogP contribution in [0.25, 0.3) is 10.4 Å². The Morgan fingerprint density at radius 3 is 2.60 bits per heavy atom. The Hall–Kier alpha value is -2.18. The minimum Gasteiger partial charge on any atom is -0.478 e. The summed E-state index contributed by atoms with van der Waals surface area (Å²) in [6, 6.07) is 6.00. The molecule has 1 aromatic carbocycles. The summed E-state index contributed by atoms with van der Waals surface area (Å²) in [6.07, 6.45) is 2.78. The number of carboxylic acids is 1. The molecule has 6 heteroatoms. The molecule has 4 rings (SSSR count). The lowest BCUT2D eigenvalue weighted by Gasteiger charge is -2.44. The molecule has 0 atom stereocenters. The average Bonchev–Trinajstić information content (AvgIpc) is 3.04. The van der Waals surface area contributed by atoms with Crippen LogP contribution in [-0.4, -0.2) is 30.6 Å². The summed E-state index contributed by atoms with van der Waals surface area (Å²) < 4.78 is 0. The number of nitrogens with one attached hydrogen (secondary N) is 1. The summed E-state index contributed by atoms with van der Waals surface area (Å²) in [5.74, 6) is -0.748. The smallest absolute Gasteiger partial charge is 0.337 e. The topological polar surface area (TPSA) is 69.6 Å². The standard InChI is InChI=1S/C24H30N2O3S/c1-23(2)9-8-18-17(11-23)19(21(27)28)20(30-18)16-10-15(7-6-14(16)12-25-5)26-13-24(3,4)22(26)29/h6-7,10,25H,8-9,11-13H2,1-5H3,(H,27,28). The van der Waals surface area contributed by atoms with E-state index in [-0.39, 0.29) is 16.7 Å². The number of carbonyl (C=O) groups excluding carboxylic acids is 1. The van der Waals surface area contributed by atoms with Gasteiger partial charge in [-0.1, -0.05) is 19.9 Å². The van der Waals surface area contributed by atoms with Crippen LogP contribution in [0.3, 0.4) is 0 Å².